The van der Waals surface area contributed by atoms with Gasteiger partial charge in [-0.1, -0.05) is 29.5 Å². The third-order valence-electron chi connectivity index (χ3n) is 5.78. The van der Waals surface area contributed by atoms with E-state index in [1.54, 1.807) is 9.42 Å². The average Bonchev–Trinajstić information content (AvgIpc) is 3.23. The van der Waals surface area contributed by atoms with Crippen molar-refractivity contribution in [1.29, 1.82) is 0 Å². The zero-order valence-electron chi connectivity index (χ0n) is 16.7. The molecule has 2 saturated heterocycles. The third-order valence-corrected chi connectivity index (χ3v) is 6.75. The number of hydrogen-bond donors (Lipinski definition) is 0. The summed E-state index contributed by atoms with van der Waals surface area (Å²) in [7, 11) is 0. The molecule has 1 amide bonds. The van der Waals surface area contributed by atoms with Crippen LogP contribution in [0.2, 0.25) is 0 Å². The van der Waals surface area contributed by atoms with Gasteiger partial charge in [0.2, 0.25) is 10.1 Å². The lowest BCUT2D eigenvalue weighted by Gasteiger charge is -2.36. The standard InChI is InChI=1S/C21H24N6O2S/c28-18-15-17(27-20(22-18)30-21(23-27)26-9-5-2-6-10-26)19(29)25-13-11-24(12-14-25)16-7-3-1-4-8-16/h1,3-4,7-8,15H,2,5-6,9-14H2. The van der Waals surface area contributed by atoms with Crippen molar-refractivity contribution in [3.63, 3.8) is 0 Å². The number of fused-ring (bicyclic) bond motifs is 1. The minimum atomic E-state index is -0.393. The van der Waals surface area contributed by atoms with E-state index in [0.717, 1.165) is 49.8 Å². The van der Waals surface area contributed by atoms with E-state index >= 15 is 0 Å². The number of nitrogens with zero attached hydrogens (tertiary/aromatic N) is 6. The van der Waals surface area contributed by atoms with E-state index in [0.29, 0.717) is 23.7 Å². The Hall–Kier alpha value is -2.94. The maximum atomic E-state index is 13.3. The van der Waals surface area contributed by atoms with Crippen LogP contribution in [0.25, 0.3) is 4.96 Å². The summed E-state index contributed by atoms with van der Waals surface area (Å²) in [5, 5.41) is 5.49. The van der Waals surface area contributed by atoms with E-state index in [9.17, 15) is 9.59 Å². The fraction of sp³-hybridized carbons (Fsp3) is 0.429. The summed E-state index contributed by atoms with van der Waals surface area (Å²) >= 11 is 1.38. The molecule has 0 saturated carbocycles. The van der Waals surface area contributed by atoms with Crippen molar-refractivity contribution < 1.29 is 4.79 Å². The van der Waals surface area contributed by atoms with Gasteiger partial charge in [0.15, 0.2) is 0 Å². The molecule has 2 aliphatic rings. The molecule has 0 aliphatic carbocycles. The Kier molecular flexibility index (Phi) is 5.12. The summed E-state index contributed by atoms with van der Waals surface area (Å²) in [6.07, 6.45) is 3.51. The molecule has 4 heterocycles. The minimum Gasteiger partial charge on any atom is -0.368 e. The maximum Gasteiger partial charge on any atom is 0.274 e. The molecule has 156 valence electrons. The Morgan fingerprint density at radius 1 is 0.900 bits per heavy atom. The first kappa shape index (κ1) is 19.0. The highest BCUT2D eigenvalue weighted by molar-refractivity contribution is 7.20. The van der Waals surface area contributed by atoms with E-state index in [2.05, 4.69) is 32.0 Å². The Balaban J connectivity index is 1.38. The molecule has 3 aromatic rings. The monoisotopic (exact) mass is 424 g/mol. The van der Waals surface area contributed by atoms with Crippen LogP contribution >= 0.6 is 11.3 Å². The molecule has 1 aromatic carbocycles. The molecule has 0 spiro atoms. The van der Waals surface area contributed by atoms with Crippen LogP contribution in [0, 0.1) is 0 Å². The highest BCUT2D eigenvalue weighted by Gasteiger charge is 2.26. The van der Waals surface area contributed by atoms with Crippen molar-refractivity contribution in [1.82, 2.24) is 19.5 Å². The highest BCUT2D eigenvalue weighted by Crippen LogP contribution is 2.26. The molecule has 5 rings (SSSR count). The Morgan fingerprint density at radius 2 is 1.63 bits per heavy atom. The lowest BCUT2D eigenvalue weighted by atomic mass is 10.1. The molecule has 2 fully saturated rings. The number of aromatic nitrogens is 3. The van der Waals surface area contributed by atoms with Gasteiger partial charge >= 0.3 is 0 Å². The number of rotatable bonds is 3. The number of para-hydroxylation sites is 1. The lowest BCUT2D eigenvalue weighted by Crippen LogP contribution is -2.49. The van der Waals surface area contributed by atoms with E-state index in [-0.39, 0.29) is 5.91 Å². The van der Waals surface area contributed by atoms with Crippen LogP contribution in [0.5, 0.6) is 0 Å². The van der Waals surface area contributed by atoms with Gasteiger partial charge in [0.25, 0.3) is 11.5 Å². The molecule has 8 nitrogen and oxygen atoms in total. The predicted molar refractivity (Wildman–Crippen MR) is 118 cm³/mol. The summed E-state index contributed by atoms with van der Waals surface area (Å²) in [4.78, 5) is 36.3. The van der Waals surface area contributed by atoms with E-state index in [4.69, 9.17) is 0 Å². The first-order chi connectivity index (χ1) is 14.7. The molecule has 30 heavy (non-hydrogen) atoms. The highest BCUT2D eigenvalue weighted by atomic mass is 32.1. The van der Waals surface area contributed by atoms with Gasteiger partial charge in [0.1, 0.15) is 5.69 Å². The molecular formula is C21H24N6O2S. The molecule has 0 N–H and O–H groups in total. The molecule has 0 radical (unpaired) electrons. The number of hydrogen-bond acceptors (Lipinski definition) is 7. The van der Waals surface area contributed by atoms with E-state index in [1.807, 2.05) is 18.2 Å². The first-order valence-corrected chi connectivity index (χ1v) is 11.3. The SMILES string of the molecule is O=C(c1cc(=O)nc2sc(N3CCCCC3)nn12)N1CCN(c2ccccc2)CC1. The normalized spacial score (nSPS) is 17.5. The largest absolute Gasteiger partial charge is 0.368 e. The number of carbonyl (C=O) groups excluding carboxylic acids is 1. The van der Waals surface area contributed by atoms with E-state index in [1.165, 1.54) is 23.8 Å². The number of benzene rings is 1. The quantitative estimate of drug-likeness (QED) is 0.641. The number of piperazine rings is 1. The first-order valence-electron chi connectivity index (χ1n) is 10.4. The maximum absolute atomic E-state index is 13.3. The Morgan fingerprint density at radius 3 is 2.37 bits per heavy atom. The number of carbonyl (C=O) groups is 1. The van der Waals surface area contributed by atoms with Crippen molar-refractivity contribution >= 4 is 33.0 Å². The molecule has 2 aliphatic heterocycles. The molecule has 0 bridgehead atoms. The number of amides is 1. The van der Waals surface area contributed by atoms with Gasteiger partial charge in [-0.2, -0.15) is 9.50 Å². The van der Waals surface area contributed by atoms with Gasteiger partial charge in [0, 0.05) is 51.0 Å². The van der Waals surface area contributed by atoms with Gasteiger partial charge in [-0.25, -0.2) is 0 Å². The summed E-state index contributed by atoms with van der Waals surface area (Å²) < 4.78 is 1.56. The third kappa shape index (κ3) is 3.65. The fourth-order valence-electron chi connectivity index (χ4n) is 4.14. The number of anilines is 2. The topological polar surface area (TPSA) is 74.0 Å². The minimum absolute atomic E-state index is 0.160. The van der Waals surface area contributed by atoms with Crippen molar-refractivity contribution in [3.8, 4) is 0 Å². The molecular weight excluding hydrogens is 400 g/mol. The van der Waals surface area contributed by atoms with Gasteiger partial charge < -0.3 is 14.7 Å². The Labute approximate surface area is 178 Å². The van der Waals surface area contributed by atoms with Gasteiger partial charge in [-0.3, -0.25) is 9.59 Å². The lowest BCUT2D eigenvalue weighted by molar-refractivity contribution is 0.0737. The van der Waals surface area contributed by atoms with Crippen LogP contribution in [0.4, 0.5) is 10.8 Å². The van der Waals surface area contributed by atoms with Crippen LogP contribution in [-0.2, 0) is 0 Å². The van der Waals surface area contributed by atoms with Crippen LogP contribution in [0.1, 0.15) is 29.8 Å². The molecule has 2 aromatic heterocycles. The predicted octanol–water partition coefficient (Wildman–Crippen LogP) is 2.10. The summed E-state index contributed by atoms with van der Waals surface area (Å²) in [6.45, 7) is 4.64. The summed E-state index contributed by atoms with van der Waals surface area (Å²) in [6, 6.07) is 11.5. The zero-order valence-corrected chi connectivity index (χ0v) is 17.6. The summed E-state index contributed by atoms with van der Waals surface area (Å²) in [5.74, 6) is -0.160. The van der Waals surface area contributed by atoms with Crippen molar-refractivity contribution in [2.75, 3.05) is 49.1 Å². The average molecular weight is 425 g/mol. The second kappa shape index (κ2) is 8.06. The van der Waals surface area contributed by atoms with Crippen molar-refractivity contribution in [2.45, 2.75) is 19.3 Å². The van der Waals surface area contributed by atoms with Crippen LogP contribution in [-0.4, -0.2) is 64.7 Å². The smallest absolute Gasteiger partial charge is 0.274 e. The Bertz CT molecular complexity index is 1100. The molecule has 0 atom stereocenters. The van der Waals surface area contributed by atoms with Gasteiger partial charge in [-0.05, 0) is 31.4 Å². The number of piperidine rings is 1. The summed E-state index contributed by atoms with van der Waals surface area (Å²) in [5.41, 5.74) is 1.07. The fourth-order valence-corrected chi connectivity index (χ4v) is 5.10. The van der Waals surface area contributed by atoms with Crippen LogP contribution < -0.4 is 15.4 Å². The van der Waals surface area contributed by atoms with E-state index < -0.39 is 5.56 Å². The molecule has 9 heteroatoms. The van der Waals surface area contributed by atoms with Gasteiger partial charge in [0.05, 0.1) is 0 Å². The van der Waals surface area contributed by atoms with Crippen LogP contribution in [0.3, 0.4) is 0 Å². The zero-order chi connectivity index (χ0) is 20.5. The second-order valence-electron chi connectivity index (χ2n) is 7.72. The van der Waals surface area contributed by atoms with Crippen LogP contribution in [0.15, 0.2) is 41.2 Å². The second-order valence-corrected chi connectivity index (χ2v) is 8.66. The van der Waals surface area contributed by atoms with Gasteiger partial charge in [-0.15, -0.1) is 5.10 Å². The van der Waals surface area contributed by atoms with Crippen molar-refractivity contribution in [3.05, 3.63) is 52.4 Å². The molecule has 0 unspecified atom stereocenters. The van der Waals surface area contributed by atoms with Crippen molar-refractivity contribution in [2.24, 2.45) is 0 Å².